The molecule has 9 heteroatoms. The molecule has 1 aliphatic heterocycles. The summed E-state index contributed by atoms with van der Waals surface area (Å²) in [4.78, 5) is 46.4. The molecule has 118 valence electrons. The second-order valence-corrected chi connectivity index (χ2v) is 4.80. The van der Waals surface area contributed by atoms with Crippen LogP contribution in [0.1, 0.15) is 20.3 Å². The van der Waals surface area contributed by atoms with Crippen LogP contribution < -0.4 is 10.6 Å². The molecule has 0 aliphatic carbocycles. The van der Waals surface area contributed by atoms with Gasteiger partial charge in [0.2, 0.25) is 5.91 Å². The van der Waals surface area contributed by atoms with E-state index in [1.165, 1.54) is 0 Å². The van der Waals surface area contributed by atoms with Crippen LogP contribution in [0.2, 0.25) is 0 Å². The van der Waals surface area contributed by atoms with Crippen molar-refractivity contribution >= 4 is 23.8 Å². The molecule has 0 radical (unpaired) electrons. The largest absolute Gasteiger partial charge is 0.480 e. The highest BCUT2D eigenvalue weighted by Crippen LogP contribution is 2.20. The third kappa shape index (κ3) is 4.42. The Bertz CT molecular complexity index is 452. The van der Waals surface area contributed by atoms with E-state index in [4.69, 9.17) is 9.84 Å². The summed E-state index contributed by atoms with van der Waals surface area (Å²) in [7, 11) is 0. The number of amides is 4. The standard InChI is InChI=1S/C12H19N3O6/c1-3-12(2)10(19)15(11(20)14-12)6-8(16)13-4-5-21-7-9(17)18/h3-7H2,1-2H3,(H,13,16)(H,14,20)(H,17,18). The molecule has 0 aromatic rings. The van der Waals surface area contributed by atoms with E-state index in [2.05, 4.69) is 10.6 Å². The molecule has 0 aromatic heterocycles. The number of ether oxygens (including phenoxy) is 1. The highest BCUT2D eigenvalue weighted by molar-refractivity contribution is 6.08. The molecule has 21 heavy (non-hydrogen) atoms. The lowest BCUT2D eigenvalue weighted by atomic mass is 9.99. The molecule has 0 saturated carbocycles. The molecule has 0 aromatic carbocycles. The van der Waals surface area contributed by atoms with E-state index < -0.39 is 36.0 Å². The number of aliphatic carboxylic acids is 1. The molecular weight excluding hydrogens is 282 g/mol. The molecule has 1 rings (SSSR count). The number of carbonyl (C=O) groups is 4. The molecule has 1 saturated heterocycles. The Balaban J connectivity index is 2.36. The van der Waals surface area contributed by atoms with Crippen molar-refractivity contribution in [1.82, 2.24) is 15.5 Å². The van der Waals surface area contributed by atoms with Crippen molar-refractivity contribution in [2.24, 2.45) is 0 Å². The van der Waals surface area contributed by atoms with Crippen LogP contribution >= 0.6 is 0 Å². The normalized spacial score (nSPS) is 21.3. The van der Waals surface area contributed by atoms with Crippen LogP contribution in [0.3, 0.4) is 0 Å². The minimum absolute atomic E-state index is 0.0326. The lowest BCUT2D eigenvalue weighted by molar-refractivity contribution is -0.142. The van der Waals surface area contributed by atoms with Crippen molar-refractivity contribution in [1.29, 1.82) is 0 Å². The fourth-order valence-electron chi connectivity index (χ4n) is 1.75. The number of rotatable bonds is 8. The third-order valence-corrected chi connectivity index (χ3v) is 3.15. The van der Waals surface area contributed by atoms with Gasteiger partial charge in [-0.25, -0.2) is 9.59 Å². The van der Waals surface area contributed by atoms with Gasteiger partial charge in [-0.15, -0.1) is 0 Å². The molecule has 3 N–H and O–H groups in total. The Morgan fingerprint density at radius 2 is 2.10 bits per heavy atom. The smallest absolute Gasteiger partial charge is 0.329 e. The monoisotopic (exact) mass is 301 g/mol. The van der Waals surface area contributed by atoms with Crippen LogP contribution in [-0.4, -0.2) is 65.7 Å². The van der Waals surface area contributed by atoms with E-state index in [0.29, 0.717) is 6.42 Å². The number of carboxylic acids is 1. The first-order chi connectivity index (χ1) is 9.80. The number of hydrogen-bond donors (Lipinski definition) is 3. The Hall–Kier alpha value is -2.16. The van der Waals surface area contributed by atoms with Gasteiger partial charge in [0.05, 0.1) is 6.61 Å². The first-order valence-corrected chi connectivity index (χ1v) is 6.50. The van der Waals surface area contributed by atoms with Gasteiger partial charge in [-0.1, -0.05) is 6.92 Å². The molecule has 1 atom stereocenters. The van der Waals surface area contributed by atoms with Crippen LogP contribution in [-0.2, 0) is 19.1 Å². The number of carboxylic acid groups (broad SMARTS) is 1. The van der Waals surface area contributed by atoms with Crippen molar-refractivity contribution in [2.75, 3.05) is 26.3 Å². The number of nitrogens with zero attached hydrogens (tertiary/aromatic N) is 1. The van der Waals surface area contributed by atoms with Gasteiger partial charge in [0.15, 0.2) is 0 Å². The Morgan fingerprint density at radius 1 is 1.43 bits per heavy atom. The van der Waals surface area contributed by atoms with Crippen LogP contribution in [0, 0.1) is 0 Å². The predicted molar refractivity (Wildman–Crippen MR) is 70.4 cm³/mol. The van der Waals surface area contributed by atoms with E-state index in [1.807, 2.05) is 0 Å². The fraction of sp³-hybridized carbons (Fsp3) is 0.667. The molecule has 1 fully saturated rings. The first-order valence-electron chi connectivity index (χ1n) is 6.50. The zero-order valence-electron chi connectivity index (χ0n) is 12.0. The summed E-state index contributed by atoms with van der Waals surface area (Å²) in [5.74, 6) is -2.05. The van der Waals surface area contributed by atoms with E-state index in [0.717, 1.165) is 4.90 Å². The zero-order chi connectivity index (χ0) is 16.0. The second-order valence-electron chi connectivity index (χ2n) is 4.80. The van der Waals surface area contributed by atoms with Gasteiger partial charge in [-0.2, -0.15) is 0 Å². The highest BCUT2D eigenvalue weighted by atomic mass is 16.5. The summed E-state index contributed by atoms with van der Waals surface area (Å²) in [6, 6.07) is -0.596. The van der Waals surface area contributed by atoms with Crippen molar-refractivity contribution in [2.45, 2.75) is 25.8 Å². The summed E-state index contributed by atoms with van der Waals surface area (Å²) in [5.41, 5.74) is -0.970. The number of hydrogen-bond acceptors (Lipinski definition) is 5. The van der Waals surface area contributed by atoms with E-state index in [1.54, 1.807) is 13.8 Å². The van der Waals surface area contributed by atoms with Gasteiger partial charge in [-0.05, 0) is 13.3 Å². The number of carbonyl (C=O) groups excluding carboxylic acids is 3. The van der Waals surface area contributed by atoms with Crippen LogP contribution in [0.15, 0.2) is 0 Å². The SMILES string of the molecule is CCC1(C)NC(=O)N(CC(=O)NCCOCC(=O)O)C1=O. The van der Waals surface area contributed by atoms with Crippen molar-refractivity contribution in [3.63, 3.8) is 0 Å². The predicted octanol–water partition coefficient (Wildman–Crippen LogP) is -1.08. The molecular formula is C12H19N3O6. The van der Waals surface area contributed by atoms with Crippen molar-refractivity contribution in [3.05, 3.63) is 0 Å². The zero-order valence-corrected chi connectivity index (χ0v) is 12.0. The number of urea groups is 1. The minimum Gasteiger partial charge on any atom is -0.480 e. The maximum Gasteiger partial charge on any atom is 0.329 e. The van der Waals surface area contributed by atoms with Crippen LogP contribution in [0.5, 0.6) is 0 Å². The lowest BCUT2D eigenvalue weighted by Gasteiger charge is -2.19. The van der Waals surface area contributed by atoms with E-state index in [9.17, 15) is 19.2 Å². The van der Waals surface area contributed by atoms with E-state index >= 15 is 0 Å². The lowest BCUT2D eigenvalue weighted by Crippen LogP contribution is -2.45. The van der Waals surface area contributed by atoms with Crippen molar-refractivity contribution in [3.8, 4) is 0 Å². The number of imide groups is 1. The van der Waals surface area contributed by atoms with Gasteiger partial charge in [0.25, 0.3) is 5.91 Å². The Labute approximate surface area is 121 Å². The van der Waals surface area contributed by atoms with Crippen molar-refractivity contribution < 1.29 is 29.0 Å². The molecule has 4 amide bonds. The Morgan fingerprint density at radius 3 is 2.62 bits per heavy atom. The molecule has 1 aliphatic rings. The molecule has 9 nitrogen and oxygen atoms in total. The van der Waals surface area contributed by atoms with Crippen LogP contribution in [0.4, 0.5) is 4.79 Å². The third-order valence-electron chi connectivity index (χ3n) is 3.15. The molecule has 1 heterocycles. The highest BCUT2D eigenvalue weighted by Gasteiger charge is 2.46. The topological polar surface area (TPSA) is 125 Å². The quantitative estimate of drug-likeness (QED) is 0.387. The van der Waals surface area contributed by atoms with E-state index in [-0.39, 0.29) is 19.7 Å². The average molecular weight is 301 g/mol. The molecule has 0 bridgehead atoms. The minimum atomic E-state index is -1.10. The summed E-state index contributed by atoms with van der Waals surface area (Å²) in [6.07, 6.45) is 0.429. The fourth-order valence-corrected chi connectivity index (χ4v) is 1.75. The maximum atomic E-state index is 12.0. The summed E-state index contributed by atoms with van der Waals surface area (Å²) in [5, 5.41) is 13.3. The van der Waals surface area contributed by atoms with Gasteiger partial charge < -0.3 is 20.5 Å². The average Bonchev–Trinajstić information content (AvgIpc) is 2.62. The number of nitrogens with one attached hydrogen (secondary N) is 2. The maximum absolute atomic E-state index is 12.0. The van der Waals surface area contributed by atoms with Gasteiger partial charge in [0.1, 0.15) is 18.7 Å². The van der Waals surface area contributed by atoms with Gasteiger partial charge >= 0.3 is 12.0 Å². The molecule has 1 unspecified atom stereocenters. The summed E-state index contributed by atoms with van der Waals surface area (Å²) in [6.45, 7) is 2.68. The van der Waals surface area contributed by atoms with Gasteiger partial charge in [0, 0.05) is 6.54 Å². The van der Waals surface area contributed by atoms with Crippen LogP contribution in [0.25, 0.3) is 0 Å². The first kappa shape index (κ1) is 16.9. The Kier molecular flexibility index (Phi) is 5.65. The summed E-state index contributed by atoms with van der Waals surface area (Å²) >= 11 is 0. The summed E-state index contributed by atoms with van der Waals surface area (Å²) < 4.78 is 4.73. The van der Waals surface area contributed by atoms with Gasteiger partial charge in [-0.3, -0.25) is 14.5 Å². The molecule has 0 spiro atoms. The second kappa shape index (κ2) is 7.02.